The predicted molar refractivity (Wildman–Crippen MR) is 60.1 cm³/mol. The van der Waals surface area contributed by atoms with Crippen molar-refractivity contribution < 1.29 is 9.84 Å². The molecule has 5 nitrogen and oxygen atoms in total. The molecular weight excluding hydrogens is 194 g/mol. The lowest BCUT2D eigenvalue weighted by molar-refractivity contribution is -0.0293. The molecule has 0 atom stereocenters. The Morgan fingerprint density at radius 3 is 2.87 bits per heavy atom. The first-order valence-electron chi connectivity index (χ1n) is 5.29. The van der Waals surface area contributed by atoms with Crippen molar-refractivity contribution in [3.05, 3.63) is 0 Å². The number of rotatable bonds is 5. The molecule has 0 amide bonds. The maximum atomic E-state index is 8.67. The van der Waals surface area contributed by atoms with E-state index in [2.05, 4.69) is 15.2 Å². The largest absolute Gasteiger partial charge is 0.394 e. The Kier molecular flexibility index (Phi) is 4.35. The molecule has 15 heavy (non-hydrogen) atoms. The highest BCUT2D eigenvalue weighted by molar-refractivity contribution is 5.81. The lowest BCUT2D eigenvalue weighted by Gasteiger charge is -2.27. The van der Waals surface area contributed by atoms with Crippen LogP contribution in [0.2, 0.25) is 0 Å². The number of hydrogen-bond donors (Lipinski definition) is 2. The van der Waals surface area contributed by atoms with Gasteiger partial charge >= 0.3 is 0 Å². The van der Waals surface area contributed by atoms with Gasteiger partial charge in [-0.3, -0.25) is 4.99 Å². The first-order chi connectivity index (χ1) is 7.05. The number of aliphatic hydroxyl groups is 1. The summed E-state index contributed by atoms with van der Waals surface area (Å²) in [4.78, 5) is 6.41. The highest BCUT2D eigenvalue weighted by Crippen LogP contribution is 2.07. The molecule has 1 aliphatic heterocycles. The van der Waals surface area contributed by atoms with E-state index in [1.807, 2.05) is 20.9 Å². The fourth-order valence-corrected chi connectivity index (χ4v) is 1.39. The van der Waals surface area contributed by atoms with Gasteiger partial charge in [-0.15, -0.1) is 0 Å². The zero-order chi connectivity index (χ0) is 11.3. The highest BCUT2D eigenvalue weighted by Gasteiger charge is 2.20. The van der Waals surface area contributed by atoms with Crippen LogP contribution in [-0.4, -0.2) is 61.5 Å². The molecule has 2 N–H and O–H groups in total. The zero-order valence-corrected chi connectivity index (χ0v) is 9.79. The summed E-state index contributed by atoms with van der Waals surface area (Å²) in [7, 11) is 2.01. The van der Waals surface area contributed by atoms with Gasteiger partial charge in [0.25, 0.3) is 0 Å². The summed E-state index contributed by atoms with van der Waals surface area (Å²) in [6.45, 7) is 6.94. The van der Waals surface area contributed by atoms with Gasteiger partial charge in [-0.05, 0) is 13.8 Å². The summed E-state index contributed by atoms with van der Waals surface area (Å²) >= 11 is 0. The van der Waals surface area contributed by atoms with Crippen molar-refractivity contribution in [3.63, 3.8) is 0 Å². The average molecular weight is 215 g/mol. The van der Waals surface area contributed by atoms with Gasteiger partial charge in [0.05, 0.1) is 25.4 Å². The average Bonchev–Trinajstić information content (AvgIpc) is 2.58. The molecule has 1 aliphatic rings. The SMILES string of the molecule is CN1CCN=C1NCC(C)(C)OCCO. The second kappa shape index (κ2) is 5.32. The third-order valence-electron chi connectivity index (χ3n) is 2.31. The molecule has 1 rings (SSSR count). The predicted octanol–water partition coefficient (Wildman–Crippen LogP) is -0.335. The van der Waals surface area contributed by atoms with Gasteiger partial charge in [-0.25, -0.2) is 0 Å². The summed E-state index contributed by atoms with van der Waals surface area (Å²) in [5, 5.41) is 11.9. The van der Waals surface area contributed by atoms with E-state index in [9.17, 15) is 0 Å². The second-order valence-corrected chi connectivity index (χ2v) is 4.31. The van der Waals surface area contributed by atoms with Crippen LogP contribution in [0.15, 0.2) is 4.99 Å². The standard InChI is InChI=1S/C10H21N3O2/c1-10(2,15-7-6-14)8-12-9-11-4-5-13(9)3/h14H,4-8H2,1-3H3,(H,11,12). The summed E-state index contributed by atoms with van der Waals surface area (Å²) in [5.41, 5.74) is -0.283. The van der Waals surface area contributed by atoms with Crippen molar-refractivity contribution in [2.75, 3.05) is 39.9 Å². The minimum atomic E-state index is -0.283. The summed E-state index contributed by atoms with van der Waals surface area (Å²) in [6, 6.07) is 0. The Morgan fingerprint density at radius 2 is 2.33 bits per heavy atom. The Balaban J connectivity index is 2.28. The van der Waals surface area contributed by atoms with E-state index in [-0.39, 0.29) is 12.2 Å². The lowest BCUT2D eigenvalue weighted by Crippen LogP contribution is -2.45. The van der Waals surface area contributed by atoms with Crippen LogP contribution in [0.25, 0.3) is 0 Å². The van der Waals surface area contributed by atoms with Crippen LogP contribution in [0.3, 0.4) is 0 Å². The van der Waals surface area contributed by atoms with Crippen LogP contribution >= 0.6 is 0 Å². The van der Waals surface area contributed by atoms with Crippen LogP contribution in [0.1, 0.15) is 13.8 Å². The number of nitrogens with one attached hydrogen (secondary N) is 1. The van der Waals surface area contributed by atoms with Crippen molar-refractivity contribution in [2.45, 2.75) is 19.4 Å². The van der Waals surface area contributed by atoms with Crippen LogP contribution < -0.4 is 5.32 Å². The number of aliphatic imine (C=N–C) groups is 1. The van der Waals surface area contributed by atoms with Gasteiger partial charge in [0.2, 0.25) is 0 Å². The Morgan fingerprint density at radius 1 is 1.60 bits per heavy atom. The first-order valence-corrected chi connectivity index (χ1v) is 5.29. The number of ether oxygens (including phenoxy) is 1. The molecule has 0 saturated carbocycles. The van der Waals surface area contributed by atoms with E-state index in [0.29, 0.717) is 13.2 Å². The second-order valence-electron chi connectivity index (χ2n) is 4.31. The van der Waals surface area contributed by atoms with Crippen molar-refractivity contribution in [1.82, 2.24) is 10.2 Å². The van der Waals surface area contributed by atoms with E-state index in [1.165, 1.54) is 0 Å². The van der Waals surface area contributed by atoms with Crippen molar-refractivity contribution in [2.24, 2.45) is 4.99 Å². The number of hydrogen-bond acceptors (Lipinski definition) is 5. The quantitative estimate of drug-likeness (QED) is 0.659. The van der Waals surface area contributed by atoms with Crippen molar-refractivity contribution >= 4 is 5.96 Å². The topological polar surface area (TPSA) is 57.1 Å². The Hall–Kier alpha value is -0.810. The number of likely N-dealkylation sites (N-methyl/N-ethyl adjacent to an activating group) is 1. The molecule has 1 heterocycles. The van der Waals surface area contributed by atoms with Gasteiger partial charge in [0.1, 0.15) is 0 Å². The number of guanidine groups is 1. The smallest absolute Gasteiger partial charge is 0.193 e. The molecule has 0 fully saturated rings. The van der Waals surface area contributed by atoms with Gasteiger partial charge < -0.3 is 20.1 Å². The van der Waals surface area contributed by atoms with Crippen LogP contribution in [-0.2, 0) is 4.74 Å². The third-order valence-corrected chi connectivity index (χ3v) is 2.31. The maximum Gasteiger partial charge on any atom is 0.193 e. The third kappa shape index (κ3) is 4.05. The van der Waals surface area contributed by atoms with Gasteiger partial charge in [-0.1, -0.05) is 0 Å². The van der Waals surface area contributed by atoms with Crippen LogP contribution in [0.5, 0.6) is 0 Å². The summed E-state index contributed by atoms with van der Waals surface area (Å²) in [6.07, 6.45) is 0. The Bertz CT molecular complexity index is 229. The minimum absolute atomic E-state index is 0.0598. The molecule has 0 spiro atoms. The number of aliphatic hydroxyl groups excluding tert-OH is 1. The molecule has 88 valence electrons. The fourth-order valence-electron chi connectivity index (χ4n) is 1.39. The maximum absolute atomic E-state index is 8.67. The van der Waals surface area contributed by atoms with E-state index >= 15 is 0 Å². The molecule has 0 aromatic rings. The highest BCUT2D eigenvalue weighted by atomic mass is 16.5. The van der Waals surface area contributed by atoms with Gasteiger partial charge in [0.15, 0.2) is 5.96 Å². The Labute approximate surface area is 91.1 Å². The molecular formula is C10H21N3O2. The summed E-state index contributed by atoms with van der Waals surface area (Å²) in [5.74, 6) is 0.927. The van der Waals surface area contributed by atoms with Gasteiger partial charge in [0, 0.05) is 20.1 Å². The first kappa shape index (κ1) is 12.3. The molecule has 0 aromatic carbocycles. The van der Waals surface area contributed by atoms with Crippen molar-refractivity contribution in [1.29, 1.82) is 0 Å². The number of nitrogens with zero attached hydrogens (tertiary/aromatic N) is 2. The van der Waals surface area contributed by atoms with Crippen LogP contribution in [0, 0.1) is 0 Å². The fraction of sp³-hybridized carbons (Fsp3) is 0.900. The zero-order valence-electron chi connectivity index (χ0n) is 9.79. The molecule has 5 heteroatoms. The lowest BCUT2D eigenvalue weighted by atomic mass is 10.1. The van der Waals surface area contributed by atoms with E-state index in [1.54, 1.807) is 0 Å². The van der Waals surface area contributed by atoms with Crippen LogP contribution in [0.4, 0.5) is 0 Å². The molecule has 0 unspecified atom stereocenters. The molecule has 0 radical (unpaired) electrons. The van der Waals surface area contributed by atoms with E-state index in [0.717, 1.165) is 19.0 Å². The van der Waals surface area contributed by atoms with E-state index in [4.69, 9.17) is 9.84 Å². The minimum Gasteiger partial charge on any atom is -0.394 e. The summed E-state index contributed by atoms with van der Waals surface area (Å²) < 4.78 is 5.49. The molecule has 0 bridgehead atoms. The van der Waals surface area contributed by atoms with Gasteiger partial charge in [-0.2, -0.15) is 0 Å². The molecule has 0 saturated heterocycles. The van der Waals surface area contributed by atoms with Crippen molar-refractivity contribution in [3.8, 4) is 0 Å². The molecule has 0 aromatic heterocycles. The normalized spacial score (nSPS) is 16.8. The monoisotopic (exact) mass is 215 g/mol. The molecule has 0 aliphatic carbocycles. The van der Waals surface area contributed by atoms with E-state index < -0.39 is 0 Å².